The van der Waals surface area contributed by atoms with Crippen molar-refractivity contribution in [3.8, 4) is 0 Å². The molecule has 0 radical (unpaired) electrons. The molecule has 5 nitrogen and oxygen atoms in total. The maximum Gasteiger partial charge on any atom is 0.218 e. The first-order valence-corrected chi connectivity index (χ1v) is 8.73. The van der Waals surface area contributed by atoms with Gasteiger partial charge in [-0.2, -0.15) is 0 Å². The Balaban J connectivity index is 0.00000176. The van der Waals surface area contributed by atoms with Crippen molar-refractivity contribution in [2.75, 3.05) is 13.1 Å². The van der Waals surface area contributed by atoms with Gasteiger partial charge in [-0.15, -0.1) is 12.4 Å². The summed E-state index contributed by atoms with van der Waals surface area (Å²) in [4.78, 5) is 4.32. The fourth-order valence-electron chi connectivity index (χ4n) is 2.73. The molecule has 2 N–H and O–H groups in total. The summed E-state index contributed by atoms with van der Waals surface area (Å²) in [6.07, 6.45) is 3.15. The van der Waals surface area contributed by atoms with Crippen molar-refractivity contribution in [1.29, 1.82) is 0 Å². The molecule has 1 aromatic heterocycles. The highest BCUT2D eigenvalue weighted by molar-refractivity contribution is 7.88. The number of nitrogens with zero attached hydrogens (tertiary/aromatic N) is 2. The molecule has 7 heteroatoms. The number of para-hydroxylation sites is 1. The van der Waals surface area contributed by atoms with E-state index in [9.17, 15) is 8.42 Å². The highest BCUT2D eigenvalue weighted by Crippen LogP contribution is 2.21. The van der Waals surface area contributed by atoms with Gasteiger partial charge in [0.1, 0.15) is 0 Å². The van der Waals surface area contributed by atoms with E-state index in [1.54, 1.807) is 10.5 Å². The number of benzene rings is 1. The number of sulfonamides is 1. The van der Waals surface area contributed by atoms with E-state index in [-0.39, 0.29) is 24.2 Å². The fourth-order valence-corrected chi connectivity index (χ4v) is 4.30. The van der Waals surface area contributed by atoms with Crippen LogP contribution in [0.15, 0.2) is 36.5 Å². The summed E-state index contributed by atoms with van der Waals surface area (Å²) in [6, 6.07) is 9.57. The molecular weight excluding hydrogens is 322 g/mol. The van der Waals surface area contributed by atoms with Crippen LogP contribution < -0.4 is 5.73 Å². The molecule has 0 bridgehead atoms. The highest BCUT2D eigenvalue weighted by Gasteiger charge is 2.27. The molecule has 3 rings (SSSR count). The molecule has 2 aromatic rings. The summed E-state index contributed by atoms with van der Waals surface area (Å²) in [6.45, 7) is 1.03. The van der Waals surface area contributed by atoms with Crippen molar-refractivity contribution in [1.82, 2.24) is 9.29 Å². The van der Waals surface area contributed by atoms with Gasteiger partial charge >= 0.3 is 0 Å². The Hall–Kier alpha value is -1.21. The third kappa shape index (κ3) is 3.57. The van der Waals surface area contributed by atoms with E-state index >= 15 is 0 Å². The zero-order valence-electron chi connectivity index (χ0n) is 12.2. The van der Waals surface area contributed by atoms with Crippen LogP contribution in [0.2, 0.25) is 0 Å². The summed E-state index contributed by atoms with van der Waals surface area (Å²) < 4.78 is 26.7. The van der Waals surface area contributed by atoms with Gasteiger partial charge in [-0.1, -0.05) is 24.3 Å². The van der Waals surface area contributed by atoms with E-state index in [0.717, 1.165) is 29.3 Å². The average Bonchev–Trinajstić information content (AvgIpc) is 2.48. The molecule has 1 aliphatic rings. The molecule has 1 saturated heterocycles. The molecule has 0 saturated carbocycles. The molecule has 2 heterocycles. The van der Waals surface area contributed by atoms with Crippen molar-refractivity contribution in [3.63, 3.8) is 0 Å². The lowest BCUT2D eigenvalue weighted by atomic mass is 10.1. The van der Waals surface area contributed by atoms with Crippen molar-refractivity contribution in [2.45, 2.75) is 24.6 Å². The van der Waals surface area contributed by atoms with Crippen LogP contribution >= 0.6 is 12.4 Å². The Morgan fingerprint density at radius 2 is 1.86 bits per heavy atom. The second-order valence-electron chi connectivity index (χ2n) is 5.48. The monoisotopic (exact) mass is 341 g/mol. The predicted octanol–water partition coefficient (Wildman–Crippen LogP) is 1.91. The van der Waals surface area contributed by atoms with E-state index in [0.29, 0.717) is 13.1 Å². The lowest BCUT2D eigenvalue weighted by Gasteiger charge is -2.29. The number of halogens is 1. The first-order valence-electron chi connectivity index (χ1n) is 7.12. The van der Waals surface area contributed by atoms with Gasteiger partial charge in [-0.25, -0.2) is 12.7 Å². The second kappa shape index (κ2) is 6.91. The molecule has 120 valence electrons. The quantitative estimate of drug-likeness (QED) is 0.925. The van der Waals surface area contributed by atoms with Gasteiger partial charge in [0, 0.05) is 30.7 Å². The Kier molecular flexibility index (Phi) is 5.39. The minimum Gasteiger partial charge on any atom is -0.328 e. The molecular formula is C15H20ClN3O2S. The number of hydrogen-bond acceptors (Lipinski definition) is 4. The number of piperidine rings is 1. The van der Waals surface area contributed by atoms with Gasteiger partial charge < -0.3 is 5.73 Å². The second-order valence-corrected chi connectivity index (χ2v) is 7.45. The van der Waals surface area contributed by atoms with E-state index in [4.69, 9.17) is 5.73 Å². The molecule has 0 amide bonds. The van der Waals surface area contributed by atoms with Crippen LogP contribution in [0.5, 0.6) is 0 Å². The van der Waals surface area contributed by atoms with Crippen LogP contribution in [0.4, 0.5) is 0 Å². The average molecular weight is 342 g/mol. The standard InChI is InChI=1S/C15H19N3O2S.ClH/c16-14-6-9-18(10-7-14)21(19,20)11-13-4-1-3-12-5-2-8-17-15(12)13;/h1-5,8,14H,6-7,9-11,16H2;1H. The van der Waals surface area contributed by atoms with Gasteiger partial charge in [0.2, 0.25) is 10.0 Å². The third-order valence-corrected chi connectivity index (χ3v) is 5.77. The number of hydrogen-bond donors (Lipinski definition) is 1. The lowest BCUT2D eigenvalue weighted by Crippen LogP contribution is -2.43. The molecule has 1 aliphatic heterocycles. The van der Waals surface area contributed by atoms with Gasteiger partial charge in [-0.05, 0) is 24.5 Å². The van der Waals surface area contributed by atoms with Crippen LogP contribution in [0, 0.1) is 0 Å². The van der Waals surface area contributed by atoms with Crippen LogP contribution in [0.25, 0.3) is 10.9 Å². The van der Waals surface area contributed by atoms with Crippen molar-refractivity contribution in [3.05, 3.63) is 42.1 Å². The Morgan fingerprint density at radius 3 is 2.59 bits per heavy atom. The summed E-state index contributed by atoms with van der Waals surface area (Å²) in [7, 11) is -3.31. The molecule has 0 unspecified atom stereocenters. The number of nitrogens with two attached hydrogens (primary N) is 1. The molecule has 0 aliphatic carbocycles. The number of pyridine rings is 1. The topological polar surface area (TPSA) is 76.3 Å². The number of rotatable bonds is 3. The molecule has 1 fully saturated rings. The van der Waals surface area contributed by atoms with Gasteiger partial charge in [0.25, 0.3) is 0 Å². The van der Waals surface area contributed by atoms with Gasteiger partial charge in [0.15, 0.2) is 0 Å². The first kappa shape index (κ1) is 17.1. The Morgan fingerprint density at radius 1 is 1.18 bits per heavy atom. The molecule has 0 spiro atoms. The van der Waals surface area contributed by atoms with Crippen molar-refractivity contribution < 1.29 is 8.42 Å². The van der Waals surface area contributed by atoms with E-state index < -0.39 is 10.0 Å². The van der Waals surface area contributed by atoms with Gasteiger partial charge in [0.05, 0.1) is 11.3 Å². The van der Waals surface area contributed by atoms with E-state index in [1.165, 1.54) is 0 Å². The van der Waals surface area contributed by atoms with Crippen LogP contribution in [0.1, 0.15) is 18.4 Å². The van der Waals surface area contributed by atoms with E-state index in [1.807, 2.05) is 30.3 Å². The maximum absolute atomic E-state index is 12.6. The highest BCUT2D eigenvalue weighted by atomic mass is 35.5. The Labute approximate surface area is 137 Å². The number of aromatic nitrogens is 1. The number of fused-ring (bicyclic) bond motifs is 1. The normalized spacial score (nSPS) is 17.3. The van der Waals surface area contributed by atoms with Crippen LogP contribution in [0.3, 0.4) is 0 Å². The van der Waals surface area contributed by atoms with Crippen LogP contribution in [-0.2, 0) is 15.8 Å². The summed E-state index contributed by atoms with van der Waals surface area (Å²) in [5, 5.41) is 0.964. The molecule has 22 heavy (non-hydrogen) atoms. The third-order valence-electron chi connectivity index (χ3n) is 3.95. The van der Waals surface area contributed by atoms with Gasteiger partial charge in [-0.3, -0.25) is 4.98 Å². The SMILES string of the molecule is Cl.NC1CCN(S(=O)(=O)Cc2cccc3cccnc23)CC1. The zero-order valence-corrected chi connectivity index (χ0v) is 13.8. The first-order chi connectivity index (χ1) is 10.1. The molecule has 1 aromatic carbocycles. The van der Waals surface area contributed by atoms with Crippen molar-refractivity contribution in [2.24, 2.45) is 5.73 Å². The largest absolute Gasteiger partial charge is 0.328 e. The van der Waals surface area contributed by atoms with E-state index in [2.05, 4.69) is 4.98 Å². The summed E-state index contributed by atoms with van der Waals surface area (Å²) >= 11 is 0. The summed E-state index contributed by atoms with van der Waals surface area (Å²) in [5.41, 5.74) is 7.35. The lowest BCUT2D eigenvalue weighted by molar-refractivity contribution is 0.319. The smallest absolute Gasteiger partial charge is 0.218 e. The fraction of sp³-hybridized carbons (Fsp3) is 0.400. The Bertz CT molecular complexity index is 738. The minimum atomic E-state index is -3.31. The maximum atomic E-state index is 12.6. The zero-order chi connectivity index (χ0) is 14.9. The van der Waals surface area contributed by atoms with Crippen molar-refractivity contribution >= 4 is 33.3 Å². The van der Waals surface area contributed by atoms with Crippen LogP contribution in [-0.4, -0.2) is 36.8 Å². The molecule has 0 atom stereocenters. The summed E-state index contributed by atoms with van der Waals surface area (Å²) in [5.74, 6) is -0.00338. The predicted molar refractivity (Wildman–Crippen MR) is 90.4 cm³/mol. The minimum absolute atomic E-state index is 0.